The van der Waals surface area contributed by atoms with Crippen LogP contribution in [0.3, 0.4) is 0 Å². The van der Waals surface area contributed by atoms with Crippen LogP contribution in [0.25, 0.3) is 0 Å². The third-order valence-corrected chi connectivity index (χ3v) is 2.13. The summed E-state index contributed by atoms with van der Waals surface area (Å²) in [7, 11) is 1.64. The highest BCUT2D eigenvalue weighted by molar-refractivity contribution is 5.57. The number of para-hydroxylation sites is 1. The number of nitrogens with one attached hydrogen (secondary N) is 2. The minimum Gasteiger partial charge on any atom is -0.371 e. The molecule has 0 aliphatic carbocycles. The third kappa shape index (κ3) is 2.28. The average Bonchev–Trinajstić information content (AvgIpc) is 2.33. The van der Waals surface area contributed by atoms with Gasteiger partial charge in [0.05, 0.1) is 0 Å². The highest BCUT2D eigenvalue weighted by Gasteiger charge is 2.03. The van der Waals surface area contributed by atoms with Crippen LogP contribution in [0, 0.1) is 5.82 Å². The molecule has 0 fully saturated rings. The van der Waals surface area contributed by atoms with Crippen molar-refractivity contribution in [2.24, 2.45) is 0 Å². The molecule has 4 heteroatoms. The molecule has 0 bridgehead atoms. The second-order valence-electron chi connectivity index (χ2n) is 3.27. The van der Waals surface area contributed by atoms with Gasteiger partial charge in [-0.2, -0.15) is 0 Å². The van der Waals surface area contributed by atoms with Crippen molar-refractivity contribution in [3.8, 4) is 0 Å². The Morgan fingerprint density at radius 3 is 2.50 bits per heavy atom. The van der Waals surface area contributed by atoms with E-state index in [0.717, 1.165) is 5.69 Å². The van der Waals surface area contributed by atoms with E-state index in [0.29, 0.717) is 5.82 Å². The van der Waals surface area contributed by atoms with E-state index in [1.165, 1.54) is 6.07 Å². The van der Waals surface area contributed by atoms with Gasteiger partial charge in [0.25, 0.3) is 0 Å². The highest BCUT2D eigenvalue weighted by atomic mass is 19.1. The molecule has 1 heterocycles. The van der Waals surface area contributed by atoms with Crippen molar-refractivity contribution in [2.75, 3.05) is 17.7 Å². The minimum absolute atomic E-state index is 0.237. The second kappa shape index (κ2) is 4.61. The largest absolute Gasteiger partial charge is 0.371 e. The highest BCUT2D eigenvalue weighted by Crippen LogP contribution is 2.17. The molecule has 2 N–H and O–H groups in total. The first-order valence-electron chi connectivity index (χ1n) is 4.96. The van der Waals surface area contributed by atoms with Crippen molar-refractivity contribution in [3.05, 3.63) is 48.3 Å². The van der Waals surface area contributed by atoms with Gasteiger partial charge in [0.15, 0.2) is 11.6 Å². The molecule has 1 aromatic carbocycles. The number of hydrogen-bond donors (Lipinski definition) is 2. The smallest absolute Gasteiger partial charge is 0.165 e. The summed E-state index contributed by atoms with van der Waals surface area (Å²) in [6.07, 6.45) is 0. The summed E-state index contributed by atoms with van der Waals surface area (Å²) in [5, 5.41) is 5.78. The van der Waals surface area contributed by atoms with E-state index < -0.39 is 0 Å². The van der Waals surface area contributed by atoms with Crippen LogP contribution in [0.5, 0.6) is 0 Å². The fraction of sp³-hybridized carbons (Fsp3) is 0.0833. The number of hydrogen-bond acceptors (Lipinski definition) is 3. The van der Waals surface area contributed by atoms with Crippen LogP contribution >= 0.6 is 0 Å². The number of benzene rings is 1. The molecular weight excluding hydrogens is 205 g/mol. The van der Waals surface area contributed by atoms with Crippen LogP contribution < -0.4 is 10.6 Å². The molecule has 2 rings (SSSR count). The van der Waals surface area contributed by atoms with E-state index in [1.807, 2.05) is 30.3 Å². The Hall–Kier alpha value is -2.10. The van der Waals surface area contributed by atoms with Gasteiger partial charge in [-0.25, -0.2) is 9.37 Å². The lowest BCUT2D eigenvalue weighted by Gasteiger charge is -2.07. The molecule has 16 heavy (non-hydrogen) atoms. The number of nitrogens with zero attached hydrogens (tertiary/aromatic N) is 1. The van der Waals surface area contributed by atoms with E-state index in [2.05, 4.69) is 15.6 Å². The quantitative estimate of drug-likeness (QED) is 0.829. The van der Waals surface area contributed by atoms with Gasteiger partial charge in [0.2, 0.25) is 0 Å². The SMILES string of the molecule is CNc1nc(Nc2ccccc2)ccc1F. The topological polar surface area (TPSA) is 37.0 Å². The summed E-state index contributed by atoms with van der Waals surface area (Å²) >= 11 is 0. The predicted octanol–water partition coefficient (Wildman–Crippen LogP) is 3.01. The zero-order valence-corrected chi connectivity index (χ0v) is 8.87. The van der Waals surface area contributed by atoms with Crippen LogP contribution in [0.15, 0.2) is 42.5 Å². The zero-order valence-electron chi connectivity index (χ0n) is 8.87. The van der Waals surface area contributed by atoms with Crippen LogP contribution in [0.2, 0.25) is 0 Å². The van der Waals surface area contributed by atoms with Crippen LogP contribution in [-0.2, 0) is 0 Å². The van der Waals surface area contributed by atoms with Gasteiger partial charge in [-0.05, 0) is 24.3 Å². The Bertz CT molecular complexity index is 471. The average molecular weight is 217 g/mol. The lowest BCUT2D eigenvalue weighted by atomic mass is 10.3. The van der Waals surface area contributed by atoms with E-state index in [-0.39, 0.29) is 11.6 Å². The standard InChI is InChI=1S/C12H12FN3/c1-14-12-10(13)7-8-11(16-12)15-9-5-3-2-4-6-9/h2-8H,1H3,(H2,14,15,16). The molecule has 0 aliphatic rings. The molecule has 0 amide bonds. The van der Waals surface area contributed by atoms with Crippen LogP contribution in [0.1, 0.15) is 0 Å². The fourth-order valence-electron chi connectivity index (χ4n) is 1.36. The molecule has 1 aromatic heterocycles. The van der Waals surface area contributed by atoms with E-state index in [1.54, 1.807) is 13.1 Å². The van der Waals surface area contributed by atoms with Crippen molar-refractivity contribution >= 4 is 17.3 Å². The third-order valence-electron chi connectivity index (χ3n) is 2.13. The summed E-state index contributed by atoms with van der Waals surface area (Å²) < 4.78 is 13.2. The Morgan fingerprint density at radius 1 is 1.06 bits per heavy atom. The van der Waals surface area contributed by atoms with Crippen LogP contribution in [-0.4, -0.2) is 12.0 Å². The molecule has 0 radical (unpaired) electrons. The van der Waals surface area contributed by atoms with E-state index in [9.17, 15) is 4.39 Å². The molecule has 0 unspecified atom stereocenters. The Balaban J connectivity index is 2.22. The summed E-state index contributed by atoms with van der Waals surface area (Å²) in [5.41, 5.74) is 0.920. The maximum atomic E-state index is 13.2. The van der Waals surface area contributed by atoms with Crippen molar-refractivity contribution in [1.82, 2.24) is 4.98 Å². The zero-order chi connectivity index (χ0) is 11.4. The van der Waals surface area contributed by atoms with Gasteiger partial charge in [-0.3, -0.25) is 0 Å². The fourth-order valence-corrected chi connectivity index (χ4v) is 1.36. The first-order valence-corrected chi connectivity index (χ1v) is 4.96. The van der Waals surface area contributed by atoms with Gasteiger partial charge < -0.3 is 10.6 Å². The Kier molecular flexibility index (Phi) is 3.00. The molecular formula is C12H12FN3. The molecule has 3 nitrogen and oxygen atoms in total. The molecule has 0 atom stereocenters. The lowest BCUT2D eigenvalue weighted by Crippen LogP contribution is -2.00. The van der Waals surface area contributed by atoms with Gasteiger partial charge in [-0.15, -0.1) is 0 Å². The first kappa shape index (κ1) is 10.4. The maximum Gasteiger partial charge on any atom is 0.165 e. The summed E-state index contributed by atoms with van der Waals surface area (Å²) in [6.45, 7) is 0. The number of pyridine rings is 1. The maximum absolute atomic E-state index is 13.2. The molecule has 0 saturated carbocycles. The van der Waals surface area contributed by atoms with E-state index >= 15 is 0 Å². The molecule has 0 spiro atoms. The van der Waals surface area contributed by atoms with Gasteiger partial charge in [0, 0.05) is 12.7 Å². The molecule has 0 saturated heterocycles. The van der Waals surface area contributed by atoms with Crippen LogP contribution in [0.4, 0.5) is 21.7 Å². The van der Waals surface area contributed by atoms with Gasteiger partial charge in [-0.1, -0.05) is 18.2 Å². The van der Waals surface area contributed by atoms with Gasteiger partial charge in [0.1, 0.15) is 5.82 Å². The van der Waals surface area contributed by atoms with Gasteiger partial charge >= 0.3 is 0 Å². The van der Waals surface area contributed by atoms with Crippen molar-refractivity contribution < 1.29 is 4.39 Å². The second-order valence-corrected chi connectivity index (χ2v) is 3.27. The van der Waals surface area contributed by atoms with Crippen molar-refractivity contribution in [1.29, 1.82) is 0 Å². The van der Waals surface area contributed by atoms with Crippen molar-refractivity contribution in [3.63, 3.8) is 0 Å². The monoisotopic (exact) mass is 217 g/mol. The lowest BCUT2D eigenvalue weighted by molar-refractivity contribution is 0.626. The summed E-state index contributed by atoms with van der Waals surface area (Å²) in [4.78, 5) is 4.09. The Morgan fingerprint density at radius 2 is 1.81 bits per heavy atom. The minimum atomic E-state index is -0.360. The van der Waals surface area contributed by atoms with E-state index in [4.69, 9.17) is 0 Å². The first-order chi connectivity index (χ1) is 7.79. The summed E-state index contributed by atoms with van der Waals surface area (Å²) in [6, 6.07) is 12.6. The molecule has 82 valence electrons. The van der Waals surface area contributed by atoms with Crippen molar-refractivity contribution in [2.45, 2.75) is 0 Å². The number of anilines is 3. The predicted molar refractivity (Wildman–Crippen MR) is 63.5 cm³/mol. The summed E-state index contributed by atoms with van der Waals surface area (Å²) in [5.74, 6) is 0.485. The normalized spacial score (nSPS) is 9.88. The number of halogens is 1. The molecule has 2 aromatic rings. The number of rotatable bonds is 3. The number of aromatic nitrogens is 1. The molecule has 0 aliphatic heterocycles. The Labute approximate surface area is 93.3 Å².